The lowest BCUT2D eigenvalue weighted by Crippen LogP contribution is -2.27. The minimum absolute atomic E-state index is 0.00825. The first kappa shape index (κ1) is 16.8. The molecular formula is C18H22N2O3. The van der Waals surface area contributed by atoms with Crippen LogP contribution in [-0.2, 0) is 6.54 Å². The minimum Gasteiger partial charge on any atom is -0.490 e. The number of rotatable bonds is 7. The van der Waals surface area contributed by atoms with Gasteiger partial charge < -0.3 is 14.6 Å². The molecular weight excluding hydrogens is 292 g/mol. The number of aryl methyl sites for hydroxylation is 1. The van der Waals surface area contributed by atoms with Gasteiger partial charge in [0.1, 0.15) is 5.75 Å². The van der Waals surface area contributed by atoms with Crippen molar-refractivity contribution >= 4 is 5.91 Å². The maximum absolute atomic E-state index is 12.3. The van der Waals surface area contributed by atoms with E-state index in [0.29, 0.717) is 30.8 Å². The van der Waals surface area contributed by atoms with E-state index in [1.54, 1.807) is 29.0 Å². The molecule has 0 spiro atoms. The Labute approximate surface area is 135 Å². The summed E-state index contributed by atoms with van der Waals surface area (Å²) < 4.78 is 7.28. The lowest BCUT2D eigenvalue weighted by molar-refractivity contribution is 0.0947. The number of pyridine rings is 1. The molecule has 2 aromatic rings. The topological polar surface area (TPSA) is 60.3 Å². The molecule has 122 valence electrons. The smallest absolute Gasteiger partial charge is 0.255 e. The number of benzene rings is 1. The fraction of sp³-hybridized carbons (Fsp3) is 0.333. The molecule has 5 nitrogen and oxygen atoms in total. The van der Waals surface area contributed by atoms with Crippen LogP contribution >= 0.6 is 0 Å². The van der Waals surface area contributed by atoms with Crippen LogP contribution in [0.3, 0.4) is 0 Å². The first-order valence-electron chi connectivity index (χ1n) is 7.77. The van der Waals surface area contributed by atoms with E-state index in [1.165, 1.54) is 6.07 Å². The number of carbonyl (C=O) groups excluding carboxylic acids is 1. The Kier molecular flexibility index (Phi) is 5.97. The summed E-state index contributed by atoms with van der Waals surface area (Å²) in [4.78, 5) is 23.8. The van der Waals surface area contributed by atoms with Crippen LogP contribution in [0.2, 0.25) is 0 Å². The van der Waals surface area contributed by atoms with Crippen molar-refractivity contribution in [2.24, 2.45) is 0 Å². The van der Waals surface area contributed by atoms with Crippen LogP contribution in [0.1, 0.15) is 30.6 Å². The van der Waals surface area contributed by atoms with Gasteiger partial charge in [0.2, 0.25) is 5.56 Å². The zero-order valence-electron chi connectivity index (χ0n) is 13.5. The van der Waals surface area contributed by atoms with Gasteiger partial charge in [-0.15, -0.1) is 0 Å². The SMILES string of the molecule is CC(C)Oc1ccccc1C(=O)NCCCn1ccccc1=O. The number of para-hydroxylation sites is 1. The number of ether oxygens (including phenoxy) is 1. The molecule has 0 fully saturated rings. The fourth-order valence-corrected chi connectivity index (χ4v) is 2.20. The van der Waals surface area contributed by atoms with Gasteiger partial charge in [-0.1, -0.05) is 18.2 Å². The van der Waals surface area contributed by atoms with Gasteiger partial charge in [0, 0.05) is 25.4 Å². The van der Waals surface area contributed by atoms with E-state index in [0.717, 1.165) is 0 Å². The highest BCUT2D eigenvalue weighted by molar-refractivity contribution is 5.96. The molecule has 0 saturated carbocycles. The third kappa shape index (κ3) is 4.98. The van der Waals surface area contributed by atoms with E-state index < -0.39 is 0 Å². The summed E-state index contributed by atoms with van der Waals surface area (Å²) in [6, 6.07) is 12.2. The number of aromatic nitrogens is 1. The average Bonchev–Trinajstić information content (AvgIpc) is 2.53. The van der Waals surface area contributed by atoms with Crippen molar-refractivity contribution < 1.29 is 9.53 Å². The number of hydrogen-bond acceptors (Lipinski definition) is 3. The van der Waals surface area contributed by atoms with Crippen LogP contribution in [0.25, 0.3) is 0 Å². The largest absolute Gasteiger partial charge is 0.490 e. The van der Waals surface area contributed by atoms with Crippen molar-refractivity contribution in [3.8, 4) is 5.75 Å². The van der Waals surface area contributed by atoms with E-state index >= 15 is 0 Å². The highest BCUT2D eigenvalue weighted by atomic mass is 16.5. The van der Waals surface area contributed by atoms with Crippen LogP contribution in [-0.4, -0.2) is 23.1 Å². The Morgan fingerprint density at radius 2 is 1.91 bits per heavy atom. The van der Waals surface area contributed by atoms with Crippen LogP contribution < -0.4 is 15.6 Å². The summed E-state index contributed by atoms with van der Waals surface area (Å²) >= 11 is 0. The summed E-state index contributed by atoms with van der Waals surface area (Å²) in [5.74, 6) is 0.418. The molecule has 0 bridgehead atoms. The molecule has 0 unspecified atom stereocenters. The number of nitrogens with one attached hydrogen (secondary N) is 1. The average molecular weight is 314 g/mol. The second-order valence-electron chi connectivity index (χ2n) is 5.50. The van der Waals surface area contributed by atoms with E-state index in [4.69, 9.17) is 4.74 Å². The molecule has 0 atom stereocenters. The van der Waals surface area contributed by atoms with Crippen molar-refractivity contribution in [1.29, 1.82) is 0 Å². The van der Waals surface area contributed by atoms with Crippen LogP contribution in [0, 0.1) is 0 Å². The highest BCUT2D eigenvalue weighted by Crippen LogP contribution is 2.19. The number of hydrogen-bond donors (Lipinski definition) is 1. The van der Waals surface area contributed by atoms with Gasteiger partial charge in [-0.2, -0.15) is 0 Å². The first-order valence-corrected chi connectivity index (χ1v) is 7.77. The summed E-state index contributed by atoms with van der Waals surface area (Å²) in [7, 11) is 0. The van der Waals surface area contributed by atoms with E-state index in [9.17, 15) is 9.59 Å². The number of amides is 1. The Morgan fingerprint density at radius 1 is 1.17 bits per heavy atom. The quantitative estimate of drug-likeness (QED) is 0.799. The molecule has 1 heterocycles. The Balaban J connectivity index is 1.88. The first-order chi connectivity index (χ1) is 11.1. The van der Waals surface area contributed by atoms with Gasteiger partial charge >= 0.3 is 0 Å². The molecule has 1 amide bonds. The summed E-state index contributed by atoms with van der Waals surface area (Å²) in [6.07, 6.45) is 2.44. The Bertz CT molecular complexity index is 707. The van der Waals surface area contributed by atoms with Crippen molar-refractivity contribution in [1.82, 2.24) is 9.88 Å². The predicted molar refractivity (Wildman–Crippen MR) is 89.9 cm³/mol. The standard InChI is InChI=1S/C18H22N2O3/c1-14(2)23-16-9-4-3-8-15(16)18(22)19-11-7-13-20-12-6-5-10-17(20)21/h3-6,8-10,12,14H,7,11,13H2,1-2H3,(H,19,22). The molecule has 1 N–H and O–H groups in total. The van der Waals surface area contributed by atoms with E-state index in [2.05, 4.69) is 5.32 Å². The number of nitrogens with zero attached hydrogens (tertiary/aromatic N) is 1. The molecule has 0 radical (unpaired) electrons. The molecule has 1 aromatic heterocycles. The van der Waals surface area contributed by atoms with Gasteiger partial charge in [0.25, 0.3) is 5.91 Å². The molecule has 2 rings (SSSR count). The van der Waals surface area contributed by atoms with Crippen LogP contribution in [0.15, 0.2) is 53.5 Å². The van der Waals surface area contributed by atoms with Gasteiger partial charge in [0.15, 0.2) is 0 Å². The lowest BCUT2D eigenvalue weighted by Gasteiger charge is -2.14. The van der Waals surface area contributed by atoms with E-state index in [-0.39, 0.29) is 17.6 Å². The maximum atomic E-state index is 12.3. The van der Waals surface area contributed by atoms with Crippen molar-refractivity contribution in [2.75, 3.05) is 6.54 Å². The predicted octanol–water partition coefficient (Wildman–Crippen LogP) is 2.46. The third-order valence-corrected chi connectivity index (χ3v) is 3.25. The molecule has 23 heavy (non-hydrogen) atoms. The zero-order valence-corrected chi connectivity index (χ0v) is 13.5. The molecule has 0 aliphatic rings. The summed E-state index contributed by atoms with van der Waals surface area (Å²) in [5.41, 5.74) is 0.493. The van der Waals surface area contributed by atoms with Gasteiger partial charge in [-0.05, 0) is 38.5 Å². The van der Waals surface area contributed by atoms with Crippen LogP contribution in [0.4, 0.5) is 0 Å². The summed E-state index contributed by atoms with van der Waals surface area (Å²) in [6.45, 7) is 4.92. The lowest BCUT2D eigenvalue weighted by atomic mass is 10.2. The normalized spacial score (nSPS) is 10.6. The Morgan fingerprint density at radius 3 is 2.65 bits per heavy atom. The maximum Gasteiger partial charge on any atom is 0.255 e. The fourth-order valence-electron chi connectivity index (χ4n) is 2.20. The van der Waals surface area contributed by atoms with Gasteiger partial charge in [-0.3, -0.25) is 9.59 Å². The van der Waals surface area contributed by atoms with Gasteiger partial charge in [-0.25, -0.2) is 0 Å². The van der Waals surface area contributed by atoms with Crippen molar-refractivity contribution in [2.45, 2.75) is 32.9 Å². The molecule has 0 aliphatic heterocycles. The summed E-state index contributed by atoms with van der Waals surface area (Å²) in [5, 5.41) is 2.87. The molecule has 5 heteroatoms. The highest BCUT2D eigenvalue weighted by Gasteiger charge is 2.12. The molecule has 0 aliphatic carbocycles. The zero-order chi connectivity index (χ0) is 16.7. The second-order valence-corrected chi connectivity index (χ2v) is 5.50. The third-order valence-electron chi connectivity index (χ3n) is 3.25. The molecule has 0 saturated heterocycles. The Hall–Kier alpha value is -2.56. The van der Waals surface area contributed by atoms with Crippen LogP contribution in [0.5, 0.6) is 5.75 Å². The van der Waals surface area contributed by atoms with E-state index in [1.807, 2.05) is 32.0 Å². The second kappa shape index (κ2) is 8.17. The van der Waals surface area contributed by atoms with Gasteiger partial charge in [0.05, 0.1) is 11.7 Å². The monoisotopic (exact) mass is 314 g/mol. The minimum atomic E-state index is -0.165. The number of carbonyl (C=O) groups is 1. The molecule has 1 aromatic carbocycles. The van der Waals surface area contributed by atoms with Crippen molar-refractivity contribution in [3.63, 3.8) is 0 Å². The van der Waals surface area contributed by atoms with Crippen molar-refractivity contribution in [3.05, 3.63) is 64.6 Å².